The summed E-state index contributed by atoms with van der Waals surface area (Å²) in [6, 6.07) is 1.78. The van der Waals surface area contributed by atoms with E-state index in [1.807, 2.05) is 0 Å². The highest BCUT2D eigenvalue weighted by atomic mass is 32.2. The number of aromatic nitrogens is 4. The molecule has 0 radical (unpaired) electrons. The Bertz CT molecular complexity index is 467. The number of Topliss-reactive ketones (excluding diaryl/α,β-unsaturated/α-hetero) is 1. The lowest BCUT2D eigenvalue weighted by Crippen LogP contribution is -2.10. The molecule has 16 heavy (non-hydrogen) atoms. The number of nitriles is 1. The van der Waals surface area contributed by atoms with Gasteiger partial charge in [-0.05, 0) is 17.4 Å². The standard InChI is InChI=1S/C8H10N6OS/c1-5(10)6(3-9)7(15)4-16-8-11-12-13-14(8)2/h4,10H2,1-2H3. The summed E-state index contributed by atoms with van der Waals surface area (Å²) in [6.07, 6.45) is 0. The first-order chi connectivity index (χ1) is 7.56. The largest absolute Gasteiger partial charge is 0.401 e. The third-order valence-corrected chi connectivity index (χ3v) is 2.71. The van der Waals surface area contributed by atoms with Crippen molar-refractivity contribution in [3.05, 3.63) is 11.3 Å². The quantitative estimate of drug-likeness (QED) is 0.432. The van der Waals surface area contributed by atoms with E-state index in [-0.39, 0.29) is 22.8 Å². The van der Waals surface area contributed by atoms with Crippen LogP contribution in [-0.4, -0.2) is 31.7 Å². The van der Waals surface area contributed by atoms with Crippen molar-refractivity contribution in [3.63, 3.8) is 0 Å². The highest BCUT2D eigenvalue weighted by Crippen LogP contribution is 2.14. The lowest BCUT2D eigenvalue weighted by molar-refractivity contribution is -0.112. The van der Waals surface area contributed by atoms with E-state index in [0.717, 1.165) is 11.8 Å². The minimum absolute atomic E-state index is 0.0115. The molecule has 0 saturated carbocycles. The average molecular weight is 238 g/mol. The minimum atomic E-state index is -0.324. The van der Waals surface area contributed by atoms with Gasteiger partial charge in [0.25, 0.3) is 0 Å². The molecule has 1 heterocycles. The van der Waals surface area contributed by atoms with Gasteiger partial charge in [-0.25, -0.2) is 4.68 Å². The van der Waals surface area contributed by atoms with Crippen molar-refractivity contribution < 1.29 is 4.79 Å². The molecule has 0 aliphatic heterocycles. The van der Waals surface area contributed by atoms with Gasteiger partial charge in [-0.1, -0.05) is 11.8 Å². The van der Waals surface area contributed by atoms with E-state index >= 15 is 0 Å². The van der Waals surface area contributed by atoms with Crippen LogP contribution in [0.2, 0.25) is 0 Å². The van der Waals surface area contributed by atoms with Crippen LogP contribution in [0.15, 0.2) is 16.4 Å². The number of allylic oxidation sites excluding steroid dienone is 2. The third-order valence-electron chi connectivity index (χ3n) is 1.70. The first kappa shape index (κ1) is 12.2. The molecule has 0 aromatic carbocycles. The van der Waals surface area contributed by atoms with Crippen molar-refractivity contribution >= 4 is 17.5 Å². The summed E-state index contributed by atoms with van der Waals surface area (Å²) < 4.78 is 1.45. The van der Waals surface area contributed by atoms with Gasteiger partial charge in [0.1, 0.15) is 11.6 Å². The molecule has 0 fully saturated rings. The molecule has 7 nitrogen and oxygen atoms in total. The number of nitrogens with two attached hydrogens (primary N) is 1. The molecule has 84 valence electrons. The Morgan fingerprint density at radius 1 is 1.69 bits per heavy atom. The Labute approximate surface area is 96.3 Å². The maximum absolute atomic E-state index is 11.6. The van der Waals surface area contributed by atoms with Crippen LogP contribution in [0.25, 0.3) is 0 Å². The number of thioether (sulfide) groups is 1. The van der Waals surface area contributed by atoms with Crippen LogP contribution in [-0.2, 0) is 11.8 Å². The molecule has 0 amide bonds. The summed E-state index contributed by atoms with van der Waals surface area (Å²) in [4.78, 5) is 11.6. The number of rotatable bonds is 4. The van der Waals surface area contributed by atoms with Crippen LogP contribution in [0, 0.1) is 11.3 Å². The number of hydrogen-bond acceptors (Lipinski definition) is 7. The zero-order chi connectivity index (χ0) is 12.1. The monoisotopic (exact) mass is 238 g/mol. The molecule has 1 rings (SSSR count). The van der Waals surface area contributed by atoms with Crippen LogP contribution >= 0.6 is 11.8 Å². The van der Waals surface area contributed by atoms with Gasteiger partial charge in [0.15, 0.2) is 5.78 Å². The van der Waals surface area contributed by atoms with Crippen molar-refractivity contribution in [2.24, 2.45) is 12.8 Å². The number of tetrazole rings is 1. The molecule has 1 aromatic rings. The Morgan fingerprint density at radius 2 is 2.38 bits per heavy atom. The molecule has 2 N–H and O–H groups in total. The molecule has 8 heteroatoms. The maximum Gasteiger partial charge on any atom is 0.209 e. The lowest BCUT2D eigenvalue weighted by Gasteiger charge is -1.99. The predicted molar refractivity (Wildman–Crippen MR) is 57.0 cm³/mol. The van der Waals surface area contributed by atoms with Crippen molar-refractivity contribution in [2.45, 2.75) is 12.1 Å². The summed E-state index contributed by atoms with van der Waals surface area (Å²) in [7, 11) is 1.67. The summed E-state index contributed by atoms with van der Waals surface area (Å²) in [5, 5.41) is 20.0. The summed E-state index contributed by atoms with van der Waals surface area (Å²) in [5.41, 5.74) is 5.62. The first-order valence-corrected chi connectivity index (χ1v) is 5.29. The van der Waals surface area contributed by atoms with Crippen LogP contribution < -0.4 is 5.73 Å². The number of ketones is 1. The number of aryl methyl sites for hydroxylation is 1. The molecular weight excluding hydrogens is 228 g/mol. The molecule has 1 aromatic heterocycles. The van der Waals surface area contributed by atoms with Crippen LogP contribution in [0.3, 0.4) is 0 Å². The zero-order valence-electron chi connectivity index (χ0n) is 8.84. The molecule has 0 saturated heterocycles. The fourth-order valence-corrected chi connectivity index (χ4v) is 1.64. The second-order valence-corrected chi connectivity index (χ2v) is 3.91. The third kappa shape index (κ3) is 2.80. The van der Waals surface area contributed by atoms with Gasteiger partial charge in [0, 0.05) is 12.7 Å². The number of carbonyl (C=O) groups is 1. The molecule has 0 atom stereocenters. The molecule has 0 aliphatic carbocycles. The van der Waals surface area contributed by atoms with E-state index in [4.69, 9.17) is 11.0 Å². The Kier molecular flexibility index (Phi) is 4.02. The van der Waals surface area contributed by atoms with Crippen LogP contribution in [0.5, 0.6) is 0 Å². The highest BCUT2D eigenvalue weighted by molar-refractivity contribution is 7.99. The SMILES string of the molecule is CC(N)=C(C#N)C(=O)CSc1nnnn1C. The highest BCUT2D eigenvalue weighted by Gasteiger charge is 2.13. The van der Waals surface area contributed by atoms with Gasteiger partial charge >= 0.3 is 0 Å². The fourth-order valence-electron chi connectivity index (χ4n) is 0.916. The second kappa shape index (κ2) is 5.27. The normalized spacial score (nSPS) is 11.8. The Morgan fingerprint density at radius 3 is 2.81 bits per heavy atom. The van der Waals surface area contributed by atoms with E-state index in [9.17, 15) is 4.79 Å². The zero-order valence-corrected chi connectivity index (χ0v) is 9.65. The Hall–Kier alpha value is -1.88. The van der Waals surface area contributed by atoms with E-state index < -0.39 is 0 Å². The predicted octanol–water partition coefficient (Wildman–Crippen LogP) is -0.372. The topological polar surface area (TPSA) is 110 Å². The maximum atomic E-state index is 11.6. The van der Waals surface area contributed by atoms with E-state index in [0.29, 0.717) is 5.16 Å². The summed E-state index contributed by atoms with van der Waals surface area (Å²) >= 11 is 1.16. The molecular formula is C8H10N6OS. The fraction of sp³-hybridized carbons (Fsp3) is 0.375. The van der Waals surface area contributed by atoms with Gasteiger partial charge in [0.05, 0.1) is 5.75 Å². The van der Waals surface area contributed by atoms with Crippen molar-refractivity contribution in [1.82, 2.24) is 20.2 Å². The molecule has 0 aliphatic rings. The Balaban J connectivity index is 2.65. The van der Waals surface area contributed by atoms with Gasteiger partial charge in [-0.3, -0.25) is 4.79 Å². The minimum Gasteiger partial charge on any atom is -0.401 e. The summed E-state index contributed by atoms with van der Waals surface area (Å²) in [6.45, 7) is 1.52. The molecule has 0 unspecified atom stereocenters. The van der Waals surface area contributed by atoms with Gasteiger partial charge in [0.2, 0.25) is 5.16 Å². The smallest absolute Gasteiger partial charge is 0.209 e. The number of carbonyl (C=O) groups excluding carboxylic acids is 1. The van der Waals surface area contributed by atoms with Crippen molar-refractivity contribution in [3.8, 4) is 6.07 Å². The molecule has 0 spiro atoms. The van der Waals surface area contributed by atoms with Gasteiger partial charge in [-0.2, -0.15) is 5.26 Å². The first-order valence-electron chi connectivity index (χ1n) is 4.31. The average Bonchev–Trinajstić information content (AvgIpc) is 2.61. The van der Waals surface area contributed by atoms with Gasteiger partial charge in [-0.15, -0.1) is 5.10 Å². The number of hydrogen-bond donors (Lipinski definition) is 1. The van der Waals surface area contributed by atoms with E-state index in [2.05, 4.69) is 15.5 Å². The van der Waals surface area contributed by atoms with Crippen molar-refractivity contribution in [1.29, 1.82) is 5.26 Å². The molecule has 0 bridgehead atoms. The lowest BCUT2D eigenvalue weighted by atomic mass is 10.2. The second-order valence-electron chi connectivity index (χ2n) is 2.97. The van der Waals surface area contributed by atoms with Crippen molar-refractivity contribution in [2.75, 3.05) is 5.75 Å². The van der Waals surface area contributed by atoms with E-state index in [1.54, 1.807) is 13.1 Å². The summed E-state index contributed by atoms with van der Waals surface area (Å²) in [5.74, 6) is -0.235. The number of nitrogens with zero attached hydrogens (tertiary/aromatic N) is 5. The van der Waals surface area contributed by atoms with E-state index in [1.165, 1.54) is 11.6 Å². The van der Waals surface area contributed by atoms with Crippen LogP contribution in [0.4, 0.5) is 0 Å². The van der Waals surface area contributed by atoms with Crippen LogP contribution in [0.1, 0.15) is 6.92 Å². The van der Waals surface area contributed by atoms with Gasteiger partial charge < -0.3 is 5.73 Å².